The molecule has 1 fully saturated rings. The number of hydroxylamine groups is 2. The summed E-state index contributed by atoms with van der Waals surface area (Å²) in [6, 6.07) is -0.477. The first kappa shape index (κ1) is 7.44. The van der Waals surface area contributed by atoms with Gasteiger partial charge in [-0.3, -0.25) is 0 Å². The van der Waals surface area contributed by atoms with E-state index >= 15 is 0 Å². The molecular formula is C7H11NO2. The van der Waals surface area contributed by atoms with Gasteiger partial charge in [0.1, 0.15) is 12.3 Å². The Labute approximate surface area is 59.9 Å². The molecule has 0 bridgehead atoms. The highest BCUT2D eigenvalue weighted by Crippen LogP contribution is 2.23. The van der Waals surface area contributed by atoms with Crippen molar-refractivity contribution in [1.82, 2.24) is 5.06 Å². The van der Waals surface area contributed by atoms with Crippen LogP contribution in [-0.2, 0) is 4.79 Å². The molecule has 10 heavy (non-hydrogen) atoms. The van der Waals surface area contributed by atoms with E-state index in [9.17, 15) is 4.79 Å². The molecule has 0 amide bonds. The third-order valence-corrected chi connectivity index (χ3v) is 1.92. The summed E-state index contributed by atoms with van der Waals surface area (Å²) in [6.45, 7) is 6.16. The molecule has 1 heterocycles. The van der Waals surface area contributed by atoms with Gasteiger partial charge < -0.3 is 10.0 Å². The summed E-state index contributed by atoms with van der Waals surface area (Å²) >= 11 is 0. The minimum Gasteiger partial charge on any atom is -0.313 e. The highest BCUT2D eigenvalue weighted by molar-refractivity contribution is 5.64. The van der Waals surface area contributed by atoms with E-state index in [1.807, 2.05) is 6.92 Å². The Balaban J connectivity index is 2.73. The summed E-state index contributed by atoms with van der Waals surface area (Å²) in [4.78, 5) is 10.3. The lowest BCUT2D eigenvalue weighted by Gasteiger charge is -2.09. The van der Waals surface area contributed by atoms with Crippen LogP contribution in [0.25, 0.3) is 0 Å². The maximum atomic E-state index is 10.3. The minimum atomic E-state index is -0.477. The van der Waals surface area contributed by atoms with Crippen LogP contribution in [0.1, 0.15) is 6.92 Å². The van der Waals surface area contributed by atoms with E-state index in [4.69, 9.17) is 5.21 Å². The lowest BCUT2D eigenvalue weighted by molar-refractivity contribution is -0.130. The smallest absolute Gasteiger partial charge is 0.143 e. The van der Waals surface area contributed by atoms with E-state index in [1.54, 1.807) is 0 Å². The van der Waals surface area contributed by atoms with Gasteiger partial charge >= 0.3 is 0 Å². The van der Waals surface area contributed by atoms with E-state index in [2.05, 4.69) is 6.58 Å². The largest absolute Gasteiger partial charge is 0.313 e. The second kappa shape index (κ2) is 2.52. The molecule has 0 spiro atoms. The van der Waals surface area contributed by atoms with Crippen molar-refractivity contribution in [3.63, 3.8) is 0 Å². The van der Waals surface area contributed by atoms with Crippen LogP contribution in [-0.4, -0.2) is 29.1 Å². The second-order valence-electron chi connectivity index (χ2n) is 2.68. The van der Waals surface area contributed by atoms with Gasteiger partial charge in [-0.05, 0) is 11.5 Å². The van der Waals surface area contributed by atoms with E-state index in [1.165, 1.54) is 0 Å². The normalized spacial score (nSPS) is 34.8. The molecule has 56 valence electrons. The maximum Gasteiger partial charge on any atom is 0.143 e. The third kappa shape index (κ3) is 0.978. The SMILES string of the molecule is C=C1C(C)CN(O)C1C=O. The average molecular weight is 141 g/mol. The molecule has 0 saturated carbocycles. The number of hydrogen-bond donors (Lipinski definition) is 1. The van der Waals surface area contributed by atoms with Crippen LogP contribution in [0.4, 0.5) is 0 Å². The van der Waals surface area contributed by atoms with Crippen molar-refractivity contribution in [3.8, 4) is 0 Å². The molecule has 1 saturated heterocycles. The summed E-state index contributed by atoms with van der Waals surface area (Å²) in [6.07, 6.45) is 0.714. The van der Waals surface area contributed by atoms with Gasteiger partial charge in [0.25, 0.3) is 0 Å². The maximum absolute atomic E-state index is 10.3. The van der Waals surface area contributed by atoms with Crippen molar-refractivity contribution < 1.29 is 10.0 Å². The first-order valence-corrected chi connectivity index (χ1v) is 3.26. The lowest BCUT2D eigenvalue weighted by Crippen LogP contribution is -2.27. The van der Waals surface area contributed by atoms with E-state index in [0.29, 0.717) is 12.8 Å². The molecule has 3 nitrogen and oxygen atoms in total. The third-order valence-electron chi connectivity index (χ3n) is 1.92. The Hall–Kier alpha value is -0.670. The highest BCUT2D eigenvalue weighted by Gasteiger charge is 2.31. The molecule has 0 aliphatic carbocycles. The number of aldehydes is 1. The highest BCUT2D eigenvalue weighted by atomic mass is 16.5. The van der Waals surface area contributed by atoms with Gasteiger partial charge in [-0.15, -0.1) is 0 Å². The topological polar surface area (TPSA) is 40.5 Å². The van der Waals surface area contributed by atoms with Crippen LogP contribution < -0.4 is 0 Å². The van der Waals surface area contributed by atoms with Crippen LogP contribution in [0.2, 0.25) is 0 Å². The fourth-order valence-electron chi connectivity index (χ4n) is 1.15. The molecule has 2 atom stereocenters. The summed E-state index contributed by atoms with van der Waals surface area (Å²) in [5.41, 5.74) is 0.803. The van der Waals surface area contributed by atoms with Crippen LogP contribution in [0.5, 0.6) is 0 Å². The van der Waals surface area contributed by atoms with Crippen molar-refractivity contribution in [1.29, 1.82) is 0 Å². The number of carbonyl (C=O) groups excluding carboxylic acids is 1. The Morgan fingerprint density at radius 1 is 1.90 bits per heavy atom. The van der Waals surface area contributed by atoms with Crippen LogP contribution in [0.15, 0.2) is 12.2 Å². The first-order valence-electron chi connectivity index (χ1n) is 3.26. The van der Waals surface area contributed by atoms with Gasteiger partial charge in [-0.1, -0.05) is 13.5 Å². The van der Waals surface area contributed by atoms with Crippen molar-refractivity contribution in [2.24, 2.45) is 5.92 Å². The fourth-order valence-corrected chi connectivity index (χ4v) is 1.15. The van der Waals surface area contributed by atoms with Crippen molar-refractivity contribution in [3.05, 3.63) is 12.2 Å². The van der Waals surface area contributed by atoms with Crippen LogP contribution >= 0.6 is 0 Å². The molecule has 1 aliphatic rings. The molecule has 0 aromatic rings. The molecule has 0 aromatic carbocycles. The monoisotopic (exact) mass is 141 g/mol. The van der Waals surface area contributed by atoms with Gasteiger partial charge in [0, 0.05) is 6.54 Å². The Kier molecular flexibility index (Phi) is 1.87. The predicted octanol–water partition coefficient (Wildman–Crippen LogP) is 0.451. The van der Waals surface area contributed by atoms with Gasteiger partial charge in [0.2, 0.25) is 0 Å². The predicted molar refractivity (Wildman–Crippen MR) is 36.6 cm³/mol. The zero-order chi connectivity index (χ0) is 7.72. The number of nitrogens with zero attached hydrogens (tertiary/aromatic N) is 1. The number of rotatable bonds is 1. The van der Waals surface area contributed by atoms with Crippen LogP contribution in [0, 0.1) is 5.92 Å². The van der Waals surface area contributed by atoms with E-state index in [-0.39, 0.29) is 5.92 Å². The van der Waals surface area contributed by atoms with Gasteiger partial charge in [0.15, 0.2) is 0 Å². The minimum absolute atomic E-state index is 0.222. The molecule has 0 aromatic heterocycles. The van der Waals surface area contributed by atoms with Gasteiger partial charge in [-0.25, -0.2) is 0 Å². The first-order chi connectivity index (χ1) is 4.66. The fraction of sp³-hybridized carbons (Fsp3) is 0.571. The summed E-state index contributed by atoms with van der Waals surface area (Å²) < 4.78 is 0. The second-order valence-corrected chi connectivity index (χ2v) is 2.68. The molecule has 1 aliphatic heterocycles. The molecule has 1 N–H and O–H groups in total. The average Bonchev–Trinajstić information content (AvgIpc) is 2.09. The summed E-state index contributed by atoms with van der Waals surface area (Å²) in [5.74, 6) is 0.222. The molecule has 1 rings (SSSR count). The molecular weight excluding hydrogens is 130 g/mol. The molecule has 3 heteroatoms. The van der Waals surface area contributed by atoms with Crippen molar-refractivity contribution in [2.45, 2.75) is 13.0 Å². The Morgan fingerprint density at radius 2 is 2.50 bits per heavy atom. The summed E-state index contributed by atoms with van der Waals surface area (Å²) in [5, 5.41) is 10.1. The van der Waals surface area contributed by atoms with E-state index in [0.717, 1.165) is 10.6 Å². The van der Waals surface area contributed by atoms with Crippen molar-refractivity contribution >= 4 is 6.29 Å². The van der Waals surface area contributed by atoms with E-state index < -0.39 is 6.04 Å². The standard InChI is InChI=1S/C7H11NO2/c1-5-3-8(10)7(4-9)6(5)2/h4-5,7,10H,2-3H2,1H3. The zero-order valence-electron chi connectivity index (χ0n) is 5.95. The molecule has 0 radical (unpaired) electrons. The molecule has 2 unspecified atom stereocenters. The quantitative estimate of drug-likeness (QED) is 0.426. The Morgan fingerprint density at radius 3 is 2.70 bits per heavy atom. The lowest BCUT2D eigenvalue weighted by atomic mass is 10.0. The van der Waals surface area contributed by atoms with Crippen molar-refractivity contribution in [2.75, 3.05) is 6.54 Å². The van der Waals surface area contributed by atoms with Gasteiger partial charge in [0.05, 0.1) is 0 Å². The summed E-state index contributed by atoms with van der Waals surface area (Å²) in [7, 11) is 0. The number of carbonyl (C=O) groups is 1. The number of hydrogen-bond acceptors (Lipinski definition) is 3. The van der Waals surface area contributed by atoms with Crippen LogP contribution in [0.3, 0.4) is 0 Å². The zero-order valence-corrected chi connectivity index (χ0v) is 5.95. The Bertz CT molecular complexity index is 167. The van der Waals surface area contributed by atoms with Gasteiger partial charge in [-0.2, -0.15) is 5.06 Å².